The molecule has 2 atom stereocenters. The van der Waals surface area contributed by atoms with E-state index in [-0.39, 0.29) is 25.9 Å². The van der Waals surface area contributed by atoms with Crippen LogP contribution in [-0.4, -0.2) is 59.1 Å². The highest BCUT2D eigenvalue weighted by Gasteiger charge is 2.18. The minimum Gasteiger partial charge on any atom is -0.394 e. The molecule has 0 fully saturated rings. The second kappa shape index (κ2) is 44.3. The van der Waals surface area contributed by atoms with Gasteiger partial charge in [0.05, 0.1) is 25.9 Å². The van der Waals surface area contributed by atoms with E-state index < -0.39 is 6.10 Å². The first-order valence-electron chi connectivity index (χ1n) is 20.1. The van der Waals surface area contributed by atoms with Gasteiger partial charge in [-0.1, -0.05) is 160 Å². The van der Waals surface area contributed by atoms with Gasteiger partial charge in [-0.2, -0.15) is 0 Å². The van der Waals surface area contributed by atoms with Gasteiger partial charge in [-0.3, -0.25) is 0 Å². The Bertz CT molecular complexity index is 577. The average molecular weight is 655 g/mol. The Balaban J connectivity index is 0. The van der Waals surface area contributed by atoms with Crippen LogP contribution in [0.1, 0.15) is 200 Å². The standard InChI is InChI=1S/C39H76O3.C2H6O2/c1-3-5-7-9-11-13-15-17-19-21-23-25-27-29-31-33-35-39(38(41)37-40)42-36-34-32-30-28-26-24-22-20-18-16-14-12-10-8-6-4-2;3-1-2-4/h17-20,38-41H,3-16,21-37H2,1-2H3;3-4H,1-2H2/b19-17-,20-18-;. The van der Waals surface area contributed by atoms with E-state index in [9.17, 15) is 10.2 Å². The fraction of sp³-hybridized carbons (Fsp3) is 0.902. The van der Waals surface area contributed by atoms with E-state index >= 15 is 0 Å². The number of allylic oxidation sites excluding steroid dienone is 4. The fourth-order valence-corrected chi connectivity index (χ4v) is 5.68. The summed E-state index contributed by atoms with van der Waals surface area (Å²) in [5, 5.41) is 34.9. The predicted molar refractivity (Wildman–Crippen MR) is 201 cm³/mol. The molecule has 5 nitrogen and oxygen atoms in total. The minimum atomic E-state index is -0.748. The van der Waals surface area contributed by atoms with Gasteiger partial charge in [0.25, 0.3) is 0 Å². The predicted octanol–water partition coefficient (Wildman–Crippen LogP) is 11.2. The van der Waals surface area contributed by atoms with Crippen LogP contribution >= 0.6 is 0 Å². The Hall–Kier alpha value is -0.720. The second-order valence-corrected chi connectivity index (χ2v) is 13.3. The highest BCUT2D eigenvalue weighted by molar-refractivity contribution is 4.82. The molecular weight excluding hydrogens is 572 g/mol. The maximum atomic E-state index is 10.2. The van der Waals surface area contributed by atoms with E-state index in [0.717, 1.165) is 19.3 Å². The monoisotopic (exact) mass is 655 g/mol. The summed E-state index contributed by atoms with van der Waals surface area (Å²) in [7, 11) is 0. The van der Waals surface area contributed by atoms with Crippen LogP contribution in [0.5, 0.6) is 0 Å². The molecular formula is C41H82O5. The molecule has 0 radical (unpaired) electrons. The Kier molecular flexibility index (Phi) is 45.6. The summed E-state index contributed by atoms with van der Waals surface area (Å²) in [6, 6.07) is 0. The lowest BCUT2D eigenvalue weighted by molar-refractivity contribution is -0.0629. The summed E-state index contributed by atoms with van der Waals surface area (Å²) in [4.78, 5) is 0. The minimum absolute atomic E-state index is 0.125. The van der Waals surface area contributed by atoms with E-state index in [1.807, 2.05) is 0 Å². The van der Waals surface area contributed by atoms with Crippen LogP contribution in [0.25, 0.3) is 0 Å². The number of hydrogen-bond donors (Lipinski definition) is 4. The molecule has 0 saturated carbocycles. The normalized spacial score (nSPS) is 13.0. The van der Waals surface area contributed by atoms with E-state index in [2.05, 4.69) is 38.2 Å². The van der Waals surface area contributed by atoms with Crippen molar-refractivity contribution < 1.29 is 25.2 Å². The molecule has 276 valence electrons. The zero-order valence-electron chi connectivity index (χ0n) is 31.0. The van der Waals surface area contributed by atoms with Crippen molar-refractivity contribution in [3.05, 3.63) is 24.3 Å². The maximum Gasteiger partial charge on any atom is 0.103 e. The van der Waals surface area contributed by atoms with Crippen LogP contribution in [0.3, 0.4) is 0 Å². The molecule has 0 saturated heterocycles. The molecule has 2 unspecified atom stereocenters. The van der Waals surface area contributed by atoms with Crippen LogP contribution < -0.4 is 0 Å². The molecule has 0 aromatic carbocycles. The first-order chi connectivity index (χ1) is 22.7. The molecule has 0 aliphatic rings. The van der Waals surface area contributed by atoms with Crippen molar-refractivity contribution in [3.8, 4) is 0 Å². The number of hydrogen-bond acceptors (Lipinski definition) is 5. The highest BCUT2D eigenvalue weighted by atomic mass is 16.5. The van der Waals surface area contributed by atoms with E-state index in [1.54, 1.807) is 0 Å². The summed E-state index contributed by atoms with van der Waals surface area (Å²) in [5.74, 6) is 0. The number of aliphatic hydroxyl groups is 4. The molecule has 0 aromatic rings. The van der Waals surface area contributed by atoms with Gasteiger partial charge in [-0.15, -0.1) is 0 Å². The van der Waals surface area contributed by atoms with Gasteiger partial charge in [-0.25, -0.2) is 0 Å². The van der Waals surface area contributed by atoms with E-state index in [0.29, 0.717) is 6.61 Å². The van der Waals surface area contributed by atoms with Gasteiger partial charge in [0, 0.05) is 6.61 Å². The molecule has 5 heteroatoms. The topological polar surface area (TPSA) is 90.2 Å². The molecule has 0 aliphatic heterocycles. The van der Waals surface area contributed by atoms with Crippen molar-refractivity contribution in [1.29, 1.82) is 0 Å². The quantitative estimate of drug-likeness (QED) is 0.0399. The third kappa shape index (κ3) is 41.3. The maximum absolute atomic E-state index is 10.2. The number of unbranched alkanes of at least 4 members (excludes halogenated alkanes) is 24. The Morgan fingerprint density at radius 1 is 0.435 bits per heavy atom. The Labute approximate surface area is 287 Å². The van der Waals surface area contributed by atoms with Crippen LogP contribution in [0, 0.1) is 0 Å². The van der Waals surface area contributed by atoms with E-state index in [4.69, 9.17) is 14.9 Å². The SMILES string of the molecule is CCCCCCCC/C=C\CCCCCCCCOC(CCCCCCCC/C=C\CCCCCCCC)C(O)CO.OCCO. The van der Waals surface area contributed by atoms with E-state index in [1.165, 1.54) is 167 Å². The molecule has 46 heavy (non-hydrogen) atoms. The molecule has 0 bridgehead atoms. The van der Waals surface area contributed by atoms with Crippen LogP contribution in [0.15, 0.2) is 24.3 Å². The smallest absolute Gasteiger partial charge is 0.103 e. The van der Waals surface area contributed by atoms with Crippen molar-refractivity contribution in [1.82, 2.24) is 0 Å². The summed E-state index contributed by atoms with van der Waals surface area (Å²) in [6.45, 7) is 4.81. The molecule has 0 rings (SSSR count). The Morgan fingerprint density at radius 3 is 1.11 bits per heavy atom. The molecule has 0 amide bonds. The van der Waals surface area contributed by atoms with Crippen molar-refractivity contribution in [2.24, 2.45) is 0 Å². The molecule has 0 heterocycles. The number of aliphatic hydroxyl groups excluding tert-OH is 4. The van der Waals surface area contributed by atoms with Gasteiger partial charge < -0.3 is 25.2 Å². The molecule has 0 spiro atoms. The van der Waals surface area contributed by atoms with Crippen molar-refractivity contribution in [3.63, 3.8) is 0 Å². The zero-order valence-corrected chi connectivity index (χ0v) is 31.0. The van der Waals surface area contributed by atoms with Gasteiger partial charge in [0.1, 0.15) is 6.10 Å². The van der Waals surface area contributed by atoms with Crippen LogP contribution in [0.2, 0.25) is 0 Å². The lowest BCUT2D eigenvalue weighted by Gasteiger charge is -2.22. The third-order valence-electron chi connectivity index (χ3n) is 8.70. The Morgan fingerprint density at radius 2 is 0.761 bits per heavy atom. The first-order valence-corrected chi connectivity index (χ1v) is 20.1. The first kappa shape index (κ1) is 47.4. The van der Waals surface area contributed by atoms with Gasteiger partial charge in [0.15, 0.2) is 0 Å². The fourth-order valence-electron chi connectivity index (χ4n) is 5.68. The van der Waals surface area contributed by atoms with Crippen LogP contribution in [-0.2, 0) is 4.74 Å². The molecule has 4 N–H and O–H groups in total. The number of rotatable bonds is 36. The summed E-state index contributed by atoms with van der Waals surface area (Å²) >= 11 is 0. The molecule has 0 aliphatic carbocycles. The highest BCUT2D eigenvalue weighted by Crippen LogP contribution is 2.16. The second-order valence-electron chi connectivity index (χ2n) is 13.3. The lowest BCUT2D eigenvalue weighted by Crippen LogP contribution is -2.32. The van der Waals surface area contributed by atoms with Crippen molar-refractivity contribution >= 4 is 0 Å². The summed E-state index contributed by atoms with van der Waals surface area (Å²) in [5.41, 5.74) is 0. The van der Waals surface area contributed by atoms with Gasteiger partial charge >= 0.3 is 0 Å². The van der Waals surface area contributed by atoms with Gasteiger partial charge in [0.2, 0.25) is 0 Å². The van der Waals surface area contributed by atoms with Crippen molar-refractivity contribution in [2.75, 3.05) is 26.4 Å². The van der Waals surface area contributed by atoms with Crippen LogP contribution in [0.4, 0.5) is 0 Å². The lowest BCUT2D eigenvalue weighted by atomic mass is 10.0. The number of ether oxygens (including phenoxy) is 1. The summed E-state index contributed by atoms with van der Waals surface area (Å²) < 4.78 is 6.01. The molecule has 0 aromatic heterocycles. The zero-order chi connectivity index (χ0) is 34.0. The average Bonchev–Trinajstić information content (AvgIpc) is 3.08. The summed E-state index contributed by atoms with van der Waals surface area (Å²) in [6.07, 6.45) is 46.0. The largest absolute Gasteiger partial charge is 0.394 e. The third-order valence-corrected chi connectivity index (χ3v) is 8.70. The van der Waals surface area contributed by atoms with Crippen molar-refractivity contribution in [2.45, 2.75) is 212 Å². The van der Waals surface area contributed by atoms with Gasteiger partial charge in [-0.05, 0) is 64.2 Å².